The predicted octanol–water partition coefficient (Wildman–Crippen LogP) is 14.9. The minimum Gasteiger partial charge on any atom is -0.456 e. The van der Waals surface area contributed by atoms with Gasteiger partial charge in [-0.2, -0.15) is 0 Å². The highest BCUT2D eigenvalue weighted by Crippen LogP contribution is 2.47. The van der Waals surface area contributed by atoms with Crippen LogP contribution in [0.25, 0.3) is 77.2 Å². The summed E-state index contributed by atoms with van der Waals surface area (Å²) in [6.07, 6.45) is 0. The maximum Gasteiger partial charge on any atom is 0.135 e. The van der Waals surface area contributed by atoms with Crippen LogP contribution in [0.3, 0.4) is 0 Å². The highest BCUT2D eigenvalue weighted by atomic mass is 16.3. The first-order valence-electron chi connectivity index (χ1n) is 18.4. The van der Waals surface area contributed by atoms with Gasteiger partial charge in [-0.25, -0.2) is 0 Å². The maximum absolute atomic E-state index is 6.29. The normalized spacial score (nSPS) is 11.3. The Morgan fingerprint density at radius 1 is 0.296 bits per heavy atom. The summed E-state index contributed by atoms with van der Waals surface area (Å²) in [5.74, 6) is 0. The largest absolute Gasteiger partial charge is 0.456 e. The number of benzene rings is 9. The van der Waals surface area contributed by atoms with E-state index < -0.39 is 0 Å². The SMILES string of the molecule is c1ccc(-c2ccc(-c3ccccc3N(c3ccc4ccccc4c3)c3ccc4oc5ccccc5c4c3)c(-c3ccccc3-c3ccccc3)c2)cc1. The van der Waals surface area contributed by atoms with Crippen molar-refractivity contribution in [1.82, 2.24) is 0 Å². The minimum atomic E-state index is 0.878. The van der Waals surface area contributed by atoms with Crippen molar-refractivity contribution in [2.45, 2.75) is 0 Å². The fourth-order valence-electron chi connectivity index (χ4n) is 7.89. The first-order valence-corrected chi connectivity index (χ1v) is 18.4. The number of furan rings is 1. The van der Waals surface area contributed by atoms with Gasteiger partial charge in [-0.1, -0.05) is 164 Å². The number of para-hydroxylation sites is 2. The Morgan fingerprint density at radius 2 is 0.889 bits per heavy atom. The number of hydrogen-bond donors (Lipinski definition) is 0. The van der Waals surface area contributed by atoms with Crippen LogP contribution in [-0.2, 0) is 0 Å². The molecule has 0 atom stereocenters. The van der Waals surface area contributed by atoms with Crippen LogP contribution in [0.15, 0.2) is 217 Å². The van der Waals surface area contributed by atoms with Crippen molar-refractivity contribution in [3.05, 3.63) is 212 Å². The third kappa shape index (κ3) is 5.62. The summed E-state index contributed by atoms with van der Waals surface area (Å²) in [4.78, 5) is 2.40. The molecule has 0 amide bonds. The third-order valence-corrected chi connectivity index (χ3v) is 10.5. The van der Waals surface area contributed by atoms with Crippen LogP contribution in [0.5, 0.6) is 0 Å². The van der Waals surface area contributed by atoms with Gasteiger partial charge in [0.15, 0.2) is 0 Å². The van der Waals surface area contributed by atoms with Crippen LogP contribution in [0.4, 0.5) is 17.1 Å². The van der Waals surface area contributed by atoms with E-state index in [1.54, 1.807) is 0 Å². The van der Waals surface area contributed by atoms with Crippen molar-refractivity contribution in [2.24, 2.45) is 0 Å². The van der Waals surface area contributed by atoms with E-state index in [2.05, 4.69) is 205 Å². The van der Waals surface area contributed by atoms with Crippen LogP contribution in [0, 0.1) is 0 Å². The molecular weight excluding hydrogens is 655 g/mol. The minimum absolute atomic E-state index is 0.878. The molecule has 2 heteroatoms. The van der Waals surface area contributed by atoms with Crippen molar-refractivity contribution >= 4 is 49.8 Å². The first kappa shape index (κ1) is 31.6. The molecule has 0 aliphatic rings. The Hall–Kier alpha value is -7.16. The Morgan fingerprint density at radius 3 is 1.72 bits per heavy atom. The molecule has 0 saturated heterocycles. The van der Waals surface area contributed by atoms with Gasteiger partial charge >= 0.3 is 0 Å². The number of rotatable bonds is 7. The molecule has 0 aliphatic heterocycles. The summed E-state index contributed by atoms with van der Waals surface area (Å²) < 4.78 is 6.29. The van der Waals surface area contributed by atoms with Gasteiger partial charge in [-0.15, -0.1) is 0 Å². The molecule has 0 fully saturated rings. The first-order chi connectivity index (χ1) is 26.8. The molecule has 0 saturated carbocycles. The van der Waals surface area contributed by atoms with E-state index in [1.165, 1.54) is 44.2 Å². The van der Waals surface area contributed by atoms with Crippen LogP contribution < -0.4 is 4.90 Å². The molecule has 0 unspecified atom stereocenters. The highest BCUT2D eigenvalue weighted by molar-refractivity contribution is 6.07. The van der Waals surface area contributed by atoms with Crippen molar-refractivity contribution in [3.8, 4) is 44.5 Å². The summed E-state index contributed by atoms with van der Waals surface area (Å²) in [7, 11) is 0. The van der Waals surface area contributed by atoms with Crippen LogP contribution in [0.2, 0.25) is 0 Å². The summed E-state index contributed by atoms with van der Waals surface area (Å²) in [6, 6.07) is 76.1. The Kier molecular flexibility index (Phi) is 7.85. The number of hydrogen-bond acceptors (Lipinski definition) is 2. The van der Waals surface area contributed by atoms with Crippen LogP contribution >= 0.6 is 0 Å². The van der Waals surface area contributed by atoms with Gasteiger partial charge in [-0.3, -0.25) is 0 Å². The van der Waals surface area contributed by atoms with Gasteiger partial charge in [0, 0.05) is 27.7 Å². The van der Waals surface area contributed by atoms with Crippen molar-refractivity contribution in [1.29, 1.82) is 0 Å². The van der Waals surface area contributed by atoms with E-state index in [-0.39, 0.29) is 0 Å². The fraction of sp³-hybridized carbons (Fsp3) is 0. The highest BCUT2D eigenvalue weighted by Gasteiger charge is 2.22. The third-order valence-electron chi connectivity index (χ3n) is 10.5. The molecule has 54 heavy (non-hydrogen) atoms. The zero-order chi connectivity index (χ0) is 35.8. The summed E-state index contributed by atoms with van der Waals surface area (Å²) >= 11 is 0. The Labute approximate surface area is 314 Å². The van der Waals surface area contributed by atoms with Crippen molar-refractivity contribution < 1.29 is 4.42 Å². The molecular formula is C52H35NO. The summed E-state index contributed by atoms with van der Waals surface area (Å²) in [5, 5.41) is 4.60. The Bertz CT molecular complexity index is 2940. The van der Waals surface area contributed by atoms with E-state index in [9.17, 15) is 0 Å². The molecule has 9 aromatic carbocycles. The lowest BCUT2D eigenvalue weighted by atomic mass is 9.86. The number of nitrogens with zero attached hydrogens (tertiary/aromatic N) is 1. The molecule has 1 heterocycles. The second kappa shape index (κ2) is 13.4. The van der Waals surface area contributed by atoms with E-state index >= 15 is 0 Å². The zero-order valence-electron chi connectivity index (χ0n) is 29.6. The lowest BCUT2D eigenvalue weighted by Crippen LogP contribution is -2.11. The number of fused-ring (bicyclic) bond motifs is 4. The topological polar surface area (TPSA) is 16.4 Å². The molecule has 1 aromatic heterocycles. The number of anilines is 3. The fourth-order valence-corrected chi connectivity index (χ4v) is 7.89. The average molecular weight is 690 g/mol. The van der Waals surface area contributed by atoms with Crippen LogP contribution in [0.1, 0.15) is 0 Å². The van der Waals surface area contributed by atoms with Gasteiger partial charge in [0.1, 0.15) is 11.2 Å². The van der Waals surface area contributed by atoms with E-state index in [4.69, 9.17) is 4.42 Å². The zero-order valence-corrected chi connectivity index (χ0v) is 29.6. The van der Waals surface area contributed by atoms with E-state index in [0.29, 0.717) is 0 Å². The monoisotopic (exact) mass is 689 g/mol. The smallest absolute Gasteiger partial charge is 0.135 e. The molecule has 0 aliphatic carbocycles. The van der Waals surface area contributed by atoms with Crippen LogP contribution in [-0.4, -0.2) is 0 Å². The molecule has 0 spiro atoms. The Balaban J connectivity index is 1.23. The van der Waals surface area contributed by atoms with Gasteiger partial charge in [0.05, 0.1) is 5.69 Å². The van der Waals surface area contributed by atoms with Gasteiger partial charge < -0.3 is 9.32 Å². The molecule has 2 nitrogen and oxygen atoms in total. The predicted molar refractivity (Wildman–Crippen MR) is 228 cm³/mol. The summed E-state index contributed by atoms with van der Waals surface area (Å²) in [6.45, 7) is 0. The van der Waals surface area contributed by atoms with Gasteiger partial charge in [0.2, 0.25) is 0 Å². The van der Waals surface area contributed by atoms with Crippen molar-refractivity contribution in [2.75, 3.05) is 4.90 Å². The van der Waals surface area contributed by atoms with E-state index in [1.807, 2.05) is 12.1 Å². The molecule has 0 radical (unpaired) electrons. The molecule has 0 N–H and O–H groups in total. The average Bonchev–Trinajstić information content (AvgIpc) is 3.62. The van der Waals surface area contributed by atoms with Crippen molar-refractivity contribution in [3.63, 3.8) is 0 Å². The lowest BCUT2D eigenvalue weighted by molar-refractivity contribution is 0.669. The summed E-state index contributed by atoms with van der Waals surface area (Å²) in [5.41, 5.74) is 14.4. The van der Waals surface area contributed by atoms with E-state index in [0.717, 1.165) is 50.1 Å². The molecule has 254 valence electrons. The molecule has 10 rings (SSSR count). The quantitative estimate of drug-likeness (QED) is 0.166. The second-order valence-corrected chi connectivity index (χ2v) is 13.7. The molecule has 0 bridgehead atoms. The molecule has 10 aromatic rings. The van der Waals surface area contributed by atoms with Gasteiger partial charge in [-0.05, 0) is 98.2 Å². The second-order valence-electron chi connectivity index (χ2n) is 13.7. The van der Waals surface area contributed by atoms with Gasteiger partial charge in [0.25, 0.3) is 0 Å². The lowest BCUT2D eigenvalue weighted by Gasteiger charge is -2.29. The standard InChI is InChI=1S/C52H35NO/c1-3-15-36(16-4-1)40-28-31-45(48(34-40)44-22-10-9-21-43(44)38-18-5-2-6-19-38)46-23-11-13-25-50(46)53(41-29-27-37-17-7-8-20-39(37)33-41)42-30-32-52-49(35-42)47-24-12-14-26-51(47)54-52/h1-35H. The maximum atomic E-state index is 6.29.